The highest BCUT2D eigenvalue weighted by molar-refractivity contribution is 6.35. The van der Waals surface area contributed by atoms with Crippen LogP contribution in [0.25, 0.3) is 0 Å². The number of benzene rings is 1. The maximum atomic E-state index is 12.0. The normalized spacial score (nSPS) is 12.2. The topological polar surface area (TPSA) is 57.8 Å². The molecule has 0 amide bonds. The lowest BCUT2D eigenvalue weighted by molar-refractivity contribution is 0.814. The van der Waals surface area contributed by atoms with Crippen LogP contribution in [0.5, 0.6) is 0 Å². The number of aromatic amines is 1. The molecule has 6 heteroatoms. The van der Waals surface area contributed by atoms with E-state index in [4.69, 9.17) is 23.2 Å². The molecule has 0 aliphatic carbocycles. The van der Waals surface area contributed by atoms with Gasteiger partial charge in [-0.3, -0.25) is 4.79 Å². The van der Waals surface area contributed by atoms with Crippen molar-refractivity contribution in [3.63, 3.8) is 0 Å². The zero-order chi connectivity index (χ0) is 14.9. The molecule has 1 unspecified atom stereocenters. The molecule has 0 radical (unpaired) electrons. The Bertz CT molecular complexity index is 697. The summed E-state index contributed by atoms with van der Waals surface area (Å²) >= 11 is 12.1. The number of aryl methyl sites for hydroxylation is 2. The SMILES string of the molecule is Cc1nc(C)c(C(C)Nc2cc(Cl)ccc2Cl)c(=O)[nH]1. The van der Waals surface area contributed by atoms with Crippen LogP contribution in [0.2, 0.25) is 10.0 Å². The first-order valence-electron chi connectivity index (χ1n) is 6.17. The van der Waals surface area contributed by atoms with E-state index in [1.807, 2.05) is 13.8 Å². The smallest absolute Gasteiger partial charge is 0.256 e. The maximum absolute atomic E-state index is 12.0. The number of aromatic nitrogens is 2. The summed E-state index contributed by atoms with van der Waals surface area (Å²) in [5, 5.41) is 4.32. The van der Waals surface area contributed by atoms with Crippen molar-refractivity contribution in [3.8, 4) is 0 Å². The molecule has 1 heterocycles. The second kappa shape index (κ2) is 5.85. The van der Waals surface area contributed by atoms with Gasteiger partial charge in [0.05, 0.1) is 28.0 Å². The van der Waals surface area contributed by atoms with Gasteiger partial charge in [-0.05, 0) is 39.0 Å². The van der Waals surface area contributed by atoms with E-state index in [1.165, 1.54) is 0 Å². The molecule has 0 aliphatic rings. The minimum Gasteiger partial charge on any atom is -0.377 e. The predicted octanol–water partition coefficient (Wildman–Crippen LogP) is 3.87. The van der Waals surface area contributed by atoms with E-state index >= 15 is 0 Å². The zero-order valence-corrected chi connectivity index (χ0v) is 12.9. The summed E-state index contributed by atoms with van der Waals surface area (Å²) in [5.74, 6) is 0.601. The molecule has 2 N–H and O–H groups in total. The van der Waals surface area contributed by atoms with Gasteiger partial charge in [-0.25, -0.2) is 4.98 Å². The summed E-state index contributed by atoms with van der Waals surface area (Å²) in [5.41, 5.74) is 1.83. The van der Waals surface area contributed by atoms with Gasteiger partial charge < -0.3 is 10.3 Å². The second-order valence-corrected chi connectivity index (χ2v) is 5.48. The summed E-state index contributed by atoms with van der Waals surface area (Å²) in [7, 11) is 0. The van der Waals surface area contributed by atoms with Gasteiger partial charge in [0.2, 0.25) is 0 Å². The van der Waals surface area contributed by atoms with E-state index < -0.39 is 0 Å². The Labute approximate surface area is 127 Å². The van der Waals surface area contributed by atoms with Crippen LogP contribution in [0.15, 0.2) is 23.0 Å². The molecule has 4 nitrogen and oxygen atoms in total. The fourth-order valence-corrected chi connectivity index (χ4v) is 2.50. The van der Waals surface area contributed by atoms with Gasteiger partial charge in [0.15, 0.2) is 0 Å². The van der Waals surface area contributed by atoms with Crippen molar-refractivity contribution in [2.24, 2.45) is 0 Å². The van der Waals surface area contributed by atoms with Crippen LogP contribution in [0.4, 0.5) is 5.69 Å². The highest BCUT2D eigenvalue weighted by Crippen LogP contribution is 2.28. The van der Waals surface area contributed by atoms with Crippen LogP contribution < -0.4 is 10.9 Å². The first-order valence-corrected chi connectivity index (χ1v) is 6.93. The molecule has 2 rings (SSSR count). The standard InChI is InChI=1S/C14H15Cl2N3O/c1-7-13(14(20)19-9(3)17-7)8(2)18-12-6-10(15)4-5-11(12)16/h4-6,8,18H,1-3H3,(H,17,19,20). The average molecular weight is 312 g/mol. The molecule has 1 atom stereocenters. The van der Waals surface area contributed by atoms with E-state index in [9.17, 15) is 4.79 Å². The van der Waals surface area contributed by atoms with E-state index in [1.54, 1.807) is 25.1 Å². The van der Waals surface area contributed by atoms with Gasteiger partial charge in [-0.1, -0.05) is 23.2 Å². The van der Waals surface area contributed by atoms with Crippen molar-refractivity contribution in [1.29, 1.82) is 0 Å². The predicted molar refractivity (Wildman–Crippen MR) is 82.8 cm³/mol. The van der Waals surface area contributed by atoms with Crippen LogP contribution in [0.3, 0.4) is 0 Å². The monoisotopic (exact) mass is 311 g/mol. The Morgan fingerprint density at radius 1 is 1.30 bits per heavy atom. The van der Waals surface area contributed by atoms with Crippen molar-refractivity contribution in [2.75, 3.05) is 5.32 Å². The third kappa shape index (κ3) is 3.14. The lowest BCUT2D eigenvalue weighted by Gasteiger charge is -2.17. The molecule has 0 saturated carbocycles. The molecule has 0 fully saturated rings. The largest absolute Gasteiger partial charge is 0.377 e. The fraction of sp³-hybridized carbons (Fsp3) is 0.286. The minimum absolute atomic E-state index is 0.145. The van der Waals surface area contributed by atoms with Gasteiger partial charge >= 0.3 is 0 Å². The van der Waals surface area contributed by atoms with Crippen LogP contribution in [-0.2, 0) is 0 Å². The van der Waals surface area contributed by atoms with Gasteiger partial charge in [0, 0.05) is 5.02 Å². The number of nitrogens with zero attached hydrogens (tertiary/aromatic N) is 1. The molecule has 20 heavy (non-hydrogen) atoms. The van der Waals surface area contributed by atoms with Gasteiger partial charge in [0.25, 0.3) is 5.56 Å². The molecule has 2 aromatic rings. The van der Waals surface area contributed by atoms with Crippen molar-refractivity contribution in [3.05, 3.63) is 55.7 Å². The van der Waals surface area contributed by atoms with Crippen LogP contribution in [0.1, 0.15) is 30.0 Å². The average Bonchev–Trinajstić information content (AvgIpc) is 2.32. The Morgan fingerprint density at radius 3 is 2.65 bits per heavy atom. The third-order valence-corrected chi connectivity index (χ3v) is 3.56. The van der Waals surface area contributed by atoms with E-state index in [0.717, 1.165) is 0 Å². The van der Waals surface area contributed by atoms with Crippen molar-refractivity contribution >= 4 is 28.9 Å². The summed E-state index contributed by atoms with van der Waals surface area (Å²) < 4.78 is 0. The number of hydrogen-bond donors (Lipinski definition) is 2. The number of rotatable bonds is 3. The number of halogens is 2. The zero-order valence-electron chi connectivity index (χ0n) is 11.4. The highest BCUT2D eigenvalue weighted by atomic mass is 35.5. The molecule has 0 aliphatic heterocycles. The fourth-order valence-electron chi connectivity index (χ4n) is 2.16. The summed E-state index contributed by atoms with van der Waals surface area (Å²) in [6.45, 7) is 5.45. The van der Waals surface area contributed by atoms with E-state index in [0.29, 0.717) is 32.8 Å². The number of nitrogens with one attached hydrogen (secondary N) is 2. The second-order valence-electron chi connectivity index (χ2n) is 4.64. The highest BCUT2D eigenvalue weighted by Gasteiger charge is 2.15. The molecule has 1 aromatic carbocycles. The van der Waals surface area contributed by atoms with E-state index in [2.05, 4.69) is 15.3 Å². The van der Waals surface area contributed by atoms with Crippen molar-refractivity contribution in [2.45, 2.75) is 26.8 Å². The Balaban J connectivity index is 2.36. The molecule has 106 valence electrons. The number of anilines is 1. The molecular weight excluding hydrogens is 297 g/mol. The number of H-pyrrole nitrogens is 1. The first kappa shape index (κ1) is 14.9. The summed E-state index contributed by atoms with van der Waals surface area (Å²) in [6, 6.07) is 4.92. The lowest BCUT2D eigenvalue weighted by atomic mass is 10.1. The number of hydrogen-bond acceptors (Lipinski definition) is 3. The van der Waals surface area contributed by atoms with Gasteiger partial charge in [0.1, 0.15) is 5.82 Å². The minimum atomic E-state index is -0.234. The molecule has 1 aromatic heterocycles. The molecule has 0 bridgehead atoms. The third-order valence-electron chi connectivity index (χ3n) is 3.00. The Hall–Kier alpha value is -1.52. The summed E-state index contributed by atoms with van der Waals surface area (Å²) in [6.07, 6.45) is 0. The van der Waals surface area contributed by atoms with Crippen molar-refractivity contribution in [1.82, 2.24) is 9.97 Å². The van der Waals surface area contributed by atoms with Crippen LogP contribution in [0, 0.1) is 13.8 Å². The van der Waals surface area contributed by atoms with Crippen molar-refractivity contribution < 1.29 is 0 Å². The quantitative estimate of drug-likeness (QED) is 0.904. The Morgan fingerprint density at radius 2 is 2.00 bits per heavy atom. The van der Waals surface area contributed by atoms with Crippen LogP contribution >= 0.6 is 23.2 Å². The van der Waals surface area contributed by atoms with Gasteiger partial charge in [-0.2, -0.15) is 0 Å². The Kier molecular flexibility index (Phi) is 4.35. The molecule has 0 spiro atoms. The maximum Gasteiger partial charge on any atom is 0.256 e. The van der Waals surface area contributed by atoms with Gasteiger partial charge in [-0.15, -0.1) is 0 Å². The first-order chi connectivity index (χ1) is 9.38. The van der Waals surface area contributed by atoms with Crippen LogP contribution in [-0.4, -0.2) is 9.97 Å². The lowest BCUT2D eigenvalue weighted by Crippen LogP contribution is -2.23. The molecular formula is C14H15Cl2N3O. The molecule has 0 saturated heterocycles. The van der Waals surface area contributed by atoms with E-state index in [-0.39, 0.29) is 11.6 Å². The summed E-state index contributed by atoms with van der Waals surface area (Å²) in [4.78, 5) is 19.0.